The van der Waals surface area contributed by atoms with Gasteiger partial charge >= 0.3 is 5.69 Å². The maximum atomic E-state index is 12.8. The monoisotopic (exact) mass is 345 g/mol. The summed E-state index contributed by atoms with van der Waals surface area (Å²) >= 11 is 0. The SMILES string of the molecule is CCCn1c(=O)n(CC(=O)N(CC)C[C@@H]2CCOC2)c2ccccc21. The van der Waals surface area contributed by atoms with E-state index < -0.39 is 0 Å². The molecule has 0 radical (unpaired) electrons. The molecule has 0 spiro atoms. The lowest BCUT2D eigenvalue weighted by Crippen LogP contribution is -2.39. The number of ether oxygens (including phenoxy) is 1. The zero-order valence-corrected chi connectivity index (χ0v) is 15.1. The molecular formula is C19H27N3O3. The molecule has 1 aliphatic heterocycles. The zero-order valence-electron chi connectivity index (χ0n) is 15.1. The lowest BCUT2D eigenvalue weighted by Gasteiger charge is -2.24. The molecule has 1 aromatic carbocycles. The van der Waals surface area contributed by atoms with E-state index in [4.69, 9.17) is 4.74 Å². The molecule has 0 unspecified atom stereocenters. The van der Waals surface area contributed by atoms with Gasteiger partial charge in [-0.25, -0.2) is 4.79 Å². The number of hydrogen-bond donors (Lipinski definition) is 0. The van der Waals surface area contributed by atoms with Gasteiger partial charge in [0.25, 0.3) is 0 Å². The van der Waals surface area contributed by atoms with Crippen LogP contribution in [0.5, 0.6) is 0 Å². The third-order valence-electron chi connectivity index (χ3n) is 4.90. The van der Waals surface area contributed by atoms with Gasteiger partial charge in [-0.2, -0.15) is 0 Å². The molecule has 1 saturated heterocycles. The van der Waals surface area contributed by atoms with Crippen LogP contribution in [0.2, 0.25) is 0 Å². The van der Waals surface area contributed by atoms with E-state index in [1.807, 2.05) is 43.0 Å². The Morgan fingerprint density at radius 1 is 1.24 bits per heavy atom. The van der Waals surface area contributed by atoms with Crippen LogP contribution in [0.4, 0.5) is 0 Å². The number of aromatic nitrogens is 2. The standard InChI is InChI=1S/C19H27N3O3/c1-3-10-21-16-7-5-6-8-17(16)22(19(21)24)13-18(23)20(4-2)12-15-9-11-25-14-15/h5-8,15H,3-4,9-14H2,1-2H3/t15-/m0/s1. The first-order valence-electron chi connectivity index (χ1n) is 9.19. The quantitative estimate of drug-likeness (QED) is 0.772. The average molecular weight is 345 g/mol. The third-order valence-corrected chi connectivity index (χ3v) is 4.90. The van der Waals surface area contributed by atoms with Crippen LogP contribution >= 0.6 is 0 Å². The molecule has 1 aliphatic rings. The molecule has 1 aromatic heterocycles. The van der Waals surface area contributed by atoms with Crippen molar-refractivity contribution in [1.29, 1.82) is 0 Å². The number of aryl methyl sites for hydroxylation is 1. The summed E-state index contributed by atoms with van der Waals surface area (Å²) in [6.07, 6.45) is 1.88. The Bertz CT molecular complexity index is 787. The van der Waals surface area contributed by atoms with Gasteiger partial charge in [0.05, 0.1) is 17.6 Å². The third kappa shape index (κ3) is 3.63. The Morgan fingerprint density at radius 3 is 2.56 bits per heavy atom. The molecule has 6 nitrogen and oxygen atoms in total. The van der Waals surface area contributed by atoms with Crippen molar-refractivity contribution in [3.05, 3.63) is 34.7 Å². The molecular weight excluding hydrogens is 318 g/mol. The van der Waals surface area contributed by atoms with E-state index in [0.717, 1.165) is 37.1 Å². The molecule has 0 bridgehead atoms. The van der Waals surface area contributed by atoms with E-state index in [9.17, 15) is 9.59 Å². The number of nitrogens with zero attached hydrogens (tertiary/aromatic N) is 3. The Hall–Kier alpha value is -2.08. The molecule has 136 valence electrons. The lowest BCUT2D eigenvalue weighted by atomic mass is 10.1. The van der Waals surface area contributed by atoms with Gasteiger partial charge in [0.1, 0.15) is 6.54 Å². The number of imidazole rings is 1. The van der Waals surface area contributed by atoms with Crippen molar-refractivity contribution in [2.75, 3.05) is 26.3 Å². The van der Waals surface area contributed by atoms with E-state index in [2.05, 4.69) is 0 Å². The Kier molecular flexibility index (Phi) is 5.58. The van der Waals surface area contributed by atoms with Crippen molar-refractivity contribution in [3.8, 4) is 0 Å². The number of carbonyl (C=O) groups is 1. The Balaban J connectivity index is 1.85. The molecule has 2 heterocycles. The lowest BCUT2D eigenvalue weighted by molar-refractivity contribution is -0.132. The van der Waals surface area contributed by atoms with Crippen molar-refractivity contribution in [1.82, 2.24) is 14.0 Å². The predicted molar refractivity (Wildman–Crippen MR) is 97.7 cm³/mol. The second-order valence-electron chi connectivity index (χ2n) is 6.67. The number of benzene rings is 1. The molecule has 0 N–H and O–H groups in total. The topological polar surface area (TPSA) is 56.5 Å². The molecule has 2 aromatic rings. The minimum absolute atomic E-state index is 0.00379. The first kappa shape index (κ1) is 17.7. The van der Waals surface area contributed by atoms with Crippen LogP contribution in [-0.4, -0.2) is 46.2 Å². The molecule has 25 heavy (non-hydrogen) atoms. The van der Waals surface area contributed by atoms with E-state index in [1.54, 1.807) is 9.13 Å². The maximum absolute atomic E-state index is 12.8. The zero-order chi connectivity index (χ0) is 17.8. The Labute approximate surface area is 148 Å². The molecule has 3 rings (SSSR count). The highest BCUT2D eigenvalue weighted by Crippen LogP contribution is 2.16. The highest BCUT2D eigenvalue weighted by atomic mass is 16.5. The summed E-state index contributed by atoms with van der Waals surface area (Å²) in [7, 11) is 0. The van der Waals surface area contributed by atoms with Gasteiger partial charge in [-0.3, -0.25) is 13.9 Å². The van der Waals surface area contributed by atoms with E-state index >= 15 is 0 Å². The van der Waals surface area contributed by atoms with Crippen molar-refractivity contribution in [2.24, 2.45) is 5.92 Å². The first-order chi connectivity index (χ1) is 12.2. The van der Waals surface area contributed by atoms with Gasteiger partial charge in [-0.05, 0) is 31.9 Å². The van der Waals surface area contributed by atoms with Crippen LogP contribution in [0.1, 0.15) is 26.7 Å². The Morgan fingerprint density at radius 2 is 1.96 bits per heavy atom. The summed E-state index contributed by atoms with van der Waals surface area (Å²) in [5.74, 6) is 0.401. The fourth-order valence-corrected chi connectivity index (χ4v) is 3.55. The maximum Gasteiger partial charge on any atom is 0.329 e. The second-order valence-corrected chi connectivity index (χ2v) is 6.67. The van der Waals surface area contributed by atoms with Crippen LogP contribution in [0.15, 0.2) is 29.1 Å². The number of carbonyl (C=O) groups excluding carboxylic acids is 1. The predicted octanol–water partition coefficient (Wildman–Crippen LogP) is 2.10. The highest BCUT2D eigenvalue weighted by Gasteiger charge is 2.23. The normalized spacial score (nSPS) is 17.3. The first-order valence-corrected chi connectivity index (χ1v) is 9.19. The van der Waals surface area contributed by atoms with Crippen molar-refractivity contribution in [2.45, 2.75) is 39.8 Å². The molecule has 0 aliphatic carbocycles. The fraction of sp³-hybridized carbons (Fsp3) is 0.579. The molecule has 6 heteroatoms. The van der Waals surface area contributed by atoms with Crippen LogP contribution < -0.4 is 5.69 Å². The summed E-state index contributed by atoms with van der Waals surface area (Å²) in [6, 6.07) is 7.70. The molecule has 1 amide bonds. The summed E-state index contributed by atoms with van der Waals surface area (Å²) in [6.45, 7) is 7.65. The fourth-order valence-electron chi connectivity index (χ4n) is 3.55. The van der Waals surface area contributed by atoms with Crippen molar-refractivity contribution >= 4 is 16.9 Å². The highest BCUT2D eigenvalue weighted by molar-refractivity contribution is 5.81. The number of amides is 1. The number of hydrogen-bond acceptors (Lipinski definition) is 3. The van der Waals surface area contributed by atoms with Gasteiger partial charge in [0, 0.05) is 32.2 Å². The number of para-hydroxylation sites is 2. The van der Waals surface area contributed by atoms with Gasteiger partial charge < -0.3 is 9.64 Å². The number of rotatable bonds is 7. The van der Waals surface area contributed by atoms with Crippen LogP contribution in [0, 0.1) is 5.92 Å². The number of likely N-dealkylation sites (N-methyl/N-ethyl adjacent to an activating group) is 1. The summed E-state index contributed by atoms with van der Waals surface area (Å²) in [4.78, 5) is 27.5. The number of fused-ring (bicyclic) bond motifs is 1. The van der Waals surface area contributed by atoms with Crippen LogP contribution in [0.25, 0.3) is 11.0 Å². The summed E-state index contributed by atoms with van der Waals surface area (Å²) < 4.78 is 8.79. The molecule has 1 fully saturated rings. The van der Waals surface area contributed by atoms with Crippen LogP contribution in [0.3, 0.4) is 0 Å². The molecule has 0 saturated carbocycles. The van der Waals surface area contributed by atoms with E-state index in [0.29, 0.717) is 25.6 Å². The minimum atomic E-state index is -0.100. The largest absolute Gasteiger partial charge is 0.381 e. The average Bonchev–Trinajstić information content (AvgIpc) is 3.22. The summed E-state index contributed by atoms with van der Waals surface area (Å²) in [5, 5.41) is 0. The van der Waals surface area contributed by atoms with Crippen molar-refractivity contribution in [3.63, 3.8) is 0 Å². The van der Waals surface area contributed by atoms with E-state index in [-0.39, 0.29) is 18.1 Å². The van der Waals surface area contributed by atoms with Gasteiger partial charge in [0.15, 0.2) is 0 Å². The van der Waals surface area contributed by atoms with Gasteiger partial charge in [0.2, 0.25) is 5.91 Å². The van der Waals surface area contributed by atoms with Crippen LogP contribution in [-0.2, 0) is 22.6 Å². The van der Waals surface area contributed by atoms with Crippen molar-refractivity contribution < 1.29 is 9.53 Å². The molecule has 1 atom stereocenters. The summed E-state index contributed by atoms with van der Waals surface area (Å²) in [5.41, 5.74) is 1.63. The minimum Gasteiger partial charge on any atom is -0.381 e. The van der Waals surface area contributed by atoms with Gasteiger partial charge in [-0.15, -0.1) is 0 Å². The second kappa shape index (κ2) is 7.87. The smallest absolute Gasteiger partial charge is 0.329 e. The van der Waals surface area contributed by atoms with Gasteiger partial charge in [-0.1, -0.05) is 19.1 Å². The van der Waals surface area contributed by atoms with E-state index in [1.165, 1.54) is 0 Å².